The van der Waals surface area contributed by atoms with E-state index in [0.29, 0.717) is 24.1 Å². The Morgan fingerprint density at radius 3 is 2.52 bits per heavy atom. The highest BCUT2D eigenvalue weighted by Gasteiger charge is 2.35. The minimum Gasteiger partial charge on any atom is -0.494 e. The van der Waals surface area contributed by atoms with E-state index >= 15 is 0 Å². The van der Waals surface area contributed by atoms with Crippen LogP contribution in [0.25, 0.3) is 6.08 Å². The second-order valence-electron chi connectivity index (χ2n) is 7.31. The molecule has 29 heavy (non-hydrogen) atoms. The van der Waals surface area contributed by atoms with E-state index in [1.165, 1.54) is 17.7 Å². The summed E-state index contributed by atoms with van der Waals surface area (Å²) in [6.07, 6.45) is 4.01. The van der Waals surface area contributed by atoms with Crippen molar-refractivity contribution in [1.82, 2.24) is 9.88 Å². The van der Waals surface area contributed by atoms with Gasteiger partial charge in [-0.1, -0.05) is 0 Å². The molecular weight excluding hydrogens is 386 g/mol. The highest BCUT2D eigenvalue weighted by atomic mass is 32.1. The van der Waals surface area contributed by atoms with Crippen LogP contribution in [0.3, 0.4) is 0 Å². The predicted octanol–water partition coefficient (Wildman–Crippen LogP) is 3.67. The lowest BCUT2D eigenvalue weighted by Gasteiger charge is -2.29. The van der Waals surface area contributed by atoms with Crippen molar-refractivity contribution in [3.05, 3.63) is 52.9 Å². The van der Waals surface area contributed by atoms with Crippen molar-refractivity contribution in [1.29, 1.82) is 0 Å². The Hall–Kier alpha value is -2.93. The molecule has 0 atom stereocenters. The summed E-state index contributed by atoms with van der Waals surface area (Å²) in [6, 6.07) is 9.61. The average Bonchev–Trinajstić information content (AvgIpc) is 3.46. The van der Waals surface area contributed by atoms with Crippen LogP contribution in [0.2, 0.25) is 0 Å². The number of benzene rings is 1. The van der Waals surface area contributed by atoms with Crippen LogP contribution in [0.15, 0.2) is 35.9 Å². The molecule has 0 radical (unpaired) electrons. The summed E-state index contributed by atoms with van der Waals surface area (Å²) in [7, 11) is 0. The molecule has 2 amide bonds. The van der Waals surface area contributed by atoms with Gasteiger partial charge in [0.05, 0.1) is 12.3 Å². The van der Waals surface area contributed by atoms with Gasteiger partial charge in [0.2, 0.25) is 0 Å². The number of aryl methyl sites for hydroxylation is 1. The van der Waals surface area contributed by atoms with Crippen molar-refractivity contribution in [2.24, 2.45) is 0 Å². The summed E-state index contributed by atoms with van der Waals surface area (Å²) in [5.41, 5.74) is 3.74. The molecule has 2 aliphatic rings. The van der Waals surface area contributed by atoms with Crippen LogP contribution in [0.5, 0.6) is 5.75 Å². The second-order valence-corrected chi connectivity index (χ2v) is 7.70. The molecule has 1 saturated carbocycles. The van der Waals surface area contributed by atoms with Gasteiger partial charge in [0.15, 0.2) is 5.11 Å². The highest BCUT2D eigenvalue weighted by Crippen LogP contribution is 2.38. The summed E-state index contributed by atoms with van der Waals surface area (Å²) < 4.78 is 7.73. The normalized spacial score (nSPS) is 18.4. The number of carbonyl (C=O) groups is 2. The van der Waals surface area contributed by atoms with Crippen LogP contribution in [-0.4, -0.2) is 28.1 Å². The van der Waals surface area contributed by atoms with Gasteiger partial charge in [-0.05, 0) is 87.8 Å². The van der Waals surface area contributed by atoms with E-state index in [1.807, 2.05) is 19.9 Å². The number of aromatic nitrogens is 1. The number of ether oxygens (including phenoxy) is 1. The van der Waals surface area contributed by atoms with Gasteiger partial charge in [0.1, 0.15) is 11.3 Å². The Kier molecular flexibility index (Phi) is 5.00. The molecule has 0 unspecified atom stereocenters. The fourth-order valence-corrected chi connectivity index (χ4v) is 4.03. The van der Waals surface area contributed by atoms with Crippen LogP contribution < -0.4 is 15.0 Å². The number of anilines is 1. The van der Waals surface area contributed by atoms with Crippen molar-refractivity contribution in [3.63, 3.8) is 0 Å². The molecular formula is C22H23N3O3S. The molecule has 1 aliphatic carbocycles. The molecule has 1 N–H and O–H groups in total. The van der Waals surface area contributed by atoms with E-state index in [1.54, 1.807) is 30.3 Å². The third-order valence-electron chi connectivity index (χ3n) is 5.24. The summed E-state index contributed by atoms with van der Waals surface area (Å²) >= 11 is 5.27. The van der Waals surface area contributed by atoms with Gasteiger partial charge in [0, 0.05) is 17.4 Å². The molecule has 1 aromatic carbocycles. The zero-order chi connectivity index (χ0) is 20.7. The molecule has 150 valence electrons. The van der Waals surface area contributed by atoms with E-state index in [2.05, 4.69) is 16.8 Å². The number of hydrogen-bond donors (Lipinski definition) is 1. The minimum atomic E-state index is -0.474. The Morgan fingerprint density at radius 1 is 1.21 bits per heavy atom. The fraction of sp³-hybridized carbons (Fsp3) is 0.318. The number of thiocarbonyl (C=S) groups is 1. The van der Waals surface area contributed by atoms with Crippen LogP contribution in [-0.2, 0) is 9.59 Å². The van der Waals surface area contributed by atoms with E-state index in [-0.39, 0.29) is 10.7 Å². The molecule has 2 fully saturated rings. The molecule has 1 aromatic heterocycles. The van der Waals surface area contributed by atoms with Crippen LogP contribution in [0.1, 0.15) is 42.8 Å². The number of carbonyl (C=O) groups excluding carboxylic acids is 2. The molecule has 6 nitrogen and oxygen atoms in total. The van der Waals surface area contributed by atoms with Gasteiger partial charge in [-0.15, -0.1) is 0 Å². The first-order valence-electron chi connectivity index (χ1n) is 9.73. The first-order chi connectivity index (χ1) is 13.9. The van der Waals surface area contributed by atoms with Gasteiger partial charge in [-0.2, -0.15) is 0 Å². The molecule has 4 rings (SSSR count). The zero-order valence-corrected chi connectivity index (χ0v) is 17.5. The fourth-order valence-electron chi connectivity index (χ4n) is 3.75. The van der Waals surface area contributed by atoms with Crippen molar-refractivity contribution in [3.8, 4) is 5.75 Å². The second kappa shape index (κ2) is 7.48. The lowest BCUT2D eigenvalue weighted by Crippen LogP contribution is -2.54. The SMILES string of the molecule is CCOc1ccc(N2C(=O)/C(=C/c3cc(C)n(C4CC4)c3C)C(=O)NC2=S)cc1. The third-order valence-corrected chi connectivity index (χ3v) is 5.53. The molecule has 7 heteroatoms. The Labute approximate surface area is 175 Å². The van der Waals surface area contributed by atoms with Crippen LogP contribution >= 0.6 is 12.2 Å². The average molecular weight is 410 g/mol. The van der Waals surface area contributed by atoms with E-state index in [4.69, 9.17) is 17.0 Å². The Morgan fingerprint density at radius 2 is 1.90 bits per heavy atom. The predicted molar refractivity (Wildman–Crippen MR) is 116 cm³/mol. The largest absolute Gasteiger partial charge is 0.494 e. The molecule has 0 bridgehead atoms. The van der Waals surface area contributed by atoms with E-state index in [9.17, 15) is 9.59 Å². The summed E-state index contributed by atoms with van der Waals surface area (Å²) in [4.78, 5) is 27.1. The first-order valence-corrected chi connectivity index (χ1v) is 10.1. The summed E-state index contributed by atoms with van der Waals surface area (Å²) in [5.74, 6) is -0.198. The maximum atomic E-state index is 13.2. The molecule has 1 aliphatic heterocycles. The van der Waals surface area contributed by atoms with Crippen LogP contribution in [0.4, 0.5) is 5.69 Å². The molecule has 2 heterocycles. The van der Waals surface area contributed by atoms with Gasteiger partial charge in [-0.3, -0.25) is 19.8 Å². The van der Waals surface area contributed by atoms with Crippen LogP contribution in [0, 0.1) is 13.8 Å². The van der Waals surface area contributed by atoms with Crippen molar-refractivity contribution in [2.45, 2.75) is 39.7 Å². The quantitative estimate of drug-likeness (QED) is 0.465. The zero-order valence-electron chi connectivity index (χ0n) is 16.7. The monoisotopic (exact) mass is 409 g/mol. The number of hydrogen-bond acceptors (Lipinski definition) is 4. The number of rotatable bonds is 5. The molecule has 1 saturated heterocycles. The third kappa shape index (κ3) is 3.58. The first kappa shape index (κ1) is 19.4. The number of nitrogens with one attached hydrogen (secondary N) is 1. The maximum absolute atomic E-state index is 13.2. The van der Waals surface area contributed by atoms with E-state index in [0.717, 1.165) is 17.0 Å². The summed E-state index contributed by atoms with van der Waals surface area (Å²) in [6.45, 7) is 6.54. The van der Waals surface area contributed by atoms with Gasteiger partial charge < -0.3 is 9.30 Å². The number of amides is 2. The van der Waals surface area contributed by atoms with Gasteiger partial charge >= 0.3 is 0 Å². The summed E-state index contributed by atoms with van der Waals surface area (Å²) in [5, 5.41) is 2.71. The lowest BCUT2D eigenvalue weighted by molar-refractivity contribution is -0.122. The van der Waals surface area contributed by atoms with Crippen molar-refractivity contribution < 1.29 is 14.3 Å². The number of nitrogens with zero attached hydrogens (tertiary/aromatic N) is 2. The molecule has 0 spiro atoms. The van der Waals surface area contributed by atoms with Crippen molar-refractivity contribution >= 4 is 40.9 Å². The highest BCUT2D eigenvalue weighted by molar-refractivity contribution is 7.80. The van der Waals surface area contributed by atoms with Gasteiger partial charge in [-0.25, -0.2) is 0 Å². The van der Waals surface area contributed by atoms with E-state index < -0.39 is 11.8 Å². The minimum absolute atomic E-state index is 0.0727. The Balaban J connectivity index is 1.68. The Bertz CT molecular complexity index is 1030. The standard InChI is InChI=1S/C22H23N3O3S/c1-4-28-18-9-7-17(8-10-18)25-21(27)19(20(26)23-22(25)29)12-15-11-13(2)24(14(15)3)16-5-6-16/h7-12,16H,4-6H2,1-3H3,(H,23,26,29)/b19-12+. The smallest absolute Gasteiger partial charge is 0.270 e. The molecule has 2 aromatic rings. The maximum Gasteiger partial charge on any atom is 0.270 e. The lowest BCUT2D eigenvalue weighted by atomic mass is 10.1. The topological polar surface area (TPSA) is 63.6 Å². The van der Waals surface area contributed by atoms with Crippen molar-refractivity contribution in [2.75, 3.05) is 11.5 Å². The van der Waals surface area contributed by atoms with Gasteiger partial charge in [0.25, 0.3) is 11.8 Å².